The van der Waals surface area contributed by atoms with Crippen LogP contribution < -0.4 is 15.1 Å². The van der Waals surface area contributed by atoms with Crippen LogP contribution in [-0.4, -0.2) is 55.3 Å². The van der Waals surface area contributed by atoms with E-state index >= 15 is 0 Å². The predicted molar refractivity (Wildman–Crippen MR) is 125 cm³/mol. The van der Waals surface area contributed by atoms with Crippen LogP contribution in [0.25, 0.3) is 11.1 Å². The second kappa shape index (κ2) is 8.78. The van der Waals surface area contributed by atoms with Gasteiger partial charge in [-0.2, -0.15) is 0 Å². The van der Waals surface area contributed by atoms with Gasteiger partial charge in [-0.05, 0) is 49.9 Å². The standard InChI is InChI=1S/C24H29N5O3/c1-16-7-9-28(10-8-16)19-5-3-18(4-6-19)27-23(30)20-17(2)32-24-21(20)22(25-15-26-24)29-11-13-31-14-12-29/h3-6,15-16H,7-14H2,1-2H3,(H,27,30). The molecular formula is C24H29N5O3. The SMILES string of the molecule is Cc1oc2ncnc(N3CCOCC3)c2c1C(=O)Nc1ccc(N2CCC(C)CC2)cc1. The zero-order chi connectivity index (χ0) is 22.1. The molecule has 5 rings (SSSR count). The summed E-state index contributed by atoms with van der Waals surface area (Å²) >= 11 is 0. The number of carbonyl (C=O) groups is 1. The van der Waals surface area contributed by atoms with Crippen LogP contribution in [0, 0.1) is 12.8 Å². The maximum absolute atomic E-state index is 13.3. The minimum Gasteiger partial charge on any atom is -0.442 e. The first-order valence-corrected chi connectivity index (χ1v) is 11.3. The summed E-state index contributed by atoms with van der Waals surface area (Å²) in [4.78, 5) is 26.5. The number of nitrogens with one attached hydrogen (secondary N) is 1. The first kappa shape index (κ1) is 20.8. The van der Waals surface area contributed by atoms with E-state index < -0.39 is 0 Å². The lowest BCUT2D eigenvalue weighted by Crippen LogP contribution is -2.37. The van der Waals surface area contributed by atoms with Crippen LogP contribution in [0.2, 0.25) is 0 Å². The van der Waals surface area contributed by atoms with E-state index in [4.69, 9.17) is 9.15 Å². The van der Waals surface area contributed by atoms with E-state index in [1.807, 2.05) is 12.1 Å². The molecule has 2 aliphatic heterocycles. The number of anilines is 3. The number of furan rings is 1. The number of benzene rings is 1. The molecular weight excluding hydrogens is 406 g/mol. The molecule has 0 bridgehead atoms. The van der Waals surface area contributed by atoms with Gasteiger partial charge in [-0.1, -0.05) is 6.92 Å². The number of hydrogen-bond donors (Lipinski definition) is 1. The van der Waals surface area contributed by atoms with Crippen molar-refractivity contribution >= 4 is 34.2 Å². The largest absolute Gasteiger partial charge is 0.442 e. The third kappa shape index (κ3) is 4.02. The van der Waals surface area contributed by atoms with Gasteiger partial charge in [0, 0.05) is 37.6 Å². The summed E-state index contributed by atoms with van der Waals surface area (Å²) in [7, 11) is 0. The second-order valence-corrected chi connectivity index (χ2v) is 8.68. The maximum atomic E-state index is 13.3. The van der Waals surface area contributed by atoms with E-state index in [1.54, 1.807) is 6.92 Å². The Labute approximate surface area is 187 Å². The van der Waals surface area contributed by atoms with Crippen LogP contribution in [0.4, 0.5) is 17.2 Å². The number of aromatic nitrogens is 2. The minimum absolute atomic E-state index is 0.217. The van der Waals surface area contributed by atoms with Crippen molar-refractivity contribution in [1.82, 2.24) is 9.97 Å². The molecule has 2 aliphatic rings. The number of rotatable bonds is 4. The fraction of sp³-hybridized carbons (Fsp3) is 0.458. The second-order valence-electron chi connectivity index (χ2n) is 8.68. The van der Waals surface area contributed by atoms with Crippen LogP contribution in [0.3, 0.4) is 0 Å². The number of ether oxygens (including phenoxy) is 1. The zero-order valence-electron chi connectivity index (χ0n) is 18.6. The van der Waals surface area contributed by atoms with E-state index in [2.05, 4.69) is 44.1 Å². The van der Waals surface area contributed by atoms with Crippen LogP contribution in [0.5, 0.6) is 0 Å². The van der Waals surface area contributed by atoms with Gasteiger partial charge in [0.15, 0.2) is 0 Å². The first-order chi connectivity index (χ1) is 15.6. The summed E-state index contributed by atoms with van der Waals surface area (Å²) in [5, 5.41) is 3.68. The highest BCUT2D eigenvalue weighted by Crippen LogP contribution is 2.32. The first-order valence-electron chi connectivity index (χ1n) is 11.3. The minimum atomic E-state index is -0.217. The van der Waals surface area contributed by atoms with Gasteiger partial charge in [0.25, 0.3) is 5.91 Å². The molecule has 168 valence electrons. The molecule has 32 heavy (non-hydrogen) atoms. The number of nitrogens with zero attached hydrogens (tertiary/aromatic N) is 4. The number of amides is 1. The van der Waals surface area contributed by atoms with Crippen LogP contribution in [-0.2, 0) is 4.74 Å². The maximum Gasteiger partial charge on any atom is 0.260 e. The molecule has 2 saturated heterocycles. The van der Waals surface area contributed by atoms with Gasteiger partial charge in [0.05, 0.1) is 24.2 Å². The van der Waals surface area contributed by atoms with Crippen molar-refractivity contribution in [3.8, 4) is 0 Å². The summed E-state index contributed by atoms with van der Waals surface area (Å²) in [6.45, 7) is 8.96. The van der Waals surface area contributed by atoms with E-state index in [0.29, 0.717) is 48.7 Å². The fourth-order valence-electron chi connectivity index (χ4n) is 4.53. The number of fused-ring (bicyclic) bond motifs is 1. The third-order valence-corrected chi connectivity index (χ3v) is 6.46. The molecule has 8 heteroatoms. The van der Waals surface area contributed by atoms with Gasteiger partial charge in [0.2, 0.25) is 5.71 Å². The molecule has 1 amide bonds. The van der Waals surface area contributed by atoms with E-state index in [1.165, 1.54) is 24.9 Å². The lowest BCUT2D eigenvalue weighted by Gasteiger charge is -2.32. The Hall–Kier alpha value is -3.13. The molecule has 1 aromatic carbocycles. The number of aryl methyl sites for hydroxylation is 1. The van der Waals surface area contributed by atoms with Crippen LogP contribution >= 0.6 is 0 Å². The quantitative estimate of drug-likeness (QED) is 0.666. The molecule has 0 radical (unpaired) electrons. The average molecular weight is 436 g/mol. The monoisotopic (exact) mass is 435 g/mol. The number of hydrogen-bond acceptors (Lipinski definition) is 7. The highest BCUT2D eigenvalue weighted by atomic mass is 16.5. The lowest BCUT2D eigenvalue weighted by atomic mass is 9.99. The molecule has 2 aromatic heterocycles. The number of morpholine rings is 1. The Balaban J connectivity index is 1.38. The van der Waals surface area contributed by atoms with Crippen molar-refractivity contribution in [2.75, 3.05) is 54.5 Å². The molecule has 0 unspecified atom stereocenters. The fourth-order valence-corrected chi connectivity index (χ4v) is 4.53. The molecule has 1 N–H and O–H groups in total. The van der Waals surface area contributed by atoms with Crippen LogP contribution in [0.1, 0.15) is 35.9 Å². The topological polar surface area (TPSA) is 83.7 Å². The van der Waals surface area contributed by atoms with Crippen molar-refractivity contribution in [1.29, 1.82) is 0 Å². The Kier molecular flexibility index (Phi) is 5.70. The Bertz CT molecular complexity index is 1100. The van der Waals surface area contributed by atoms with Gasteiger partial charge in [-0.15, -0.1) is 0 Å². The summed E-state index contributed by atoms with van der Waals surface area (Å²) in [6.07, 6.45) is 3.93. The molecule has 2 fully saturated rings. The lowest BCUT2D eigenvalue weighted by molar-refractivity contribution is 0.102. The van der Waals surface area contributed by atoms with E-state index in [-0.39, 0.29) is 5.91 Å². The van der Waals surface area contributed by atoms with Gasteiger partial charge < -0.3 is 24.3 Å². The van der Waals surface area contributed by atoms with Gasteiger partial charge in [0.1, 0.15) is 17.9 Å². The predicted octanol–water partition coefficient (Wildman–Crippen LogP) is 3.86. The summed E-state index contributed by atoms with van der Waals surface area (Å²) in [5.74, 6) is 1.83. The Morgan fingerprint density at radius 3 is 2.47 bits per heavy atom. The van der Waals surface area contributed by atoms with Gasteiger partial charge in [-0.25, -0.2) is 9.97 Å². The molecule has 4 heterocycles. The normalized spacial score (nSPS) is 17.7. The van der Waals surface area contributed by atoms with Crippen molar-refractivity contribution < 1.29 is 13.9 Å². The van der Waals surface area contributed by atoms with E-state index in [0.717, 1.165) is 30.5 Å². The smallest absolute Gasteiger partial charge is 0.260 e. The van der Waals surface area contributed by atoms with Crippen molar-refractivity contribution in [3.05, 3.63) is 41.9 Å². The van der Waals surface area contributed by atoms with Crippen LogP contribution in [0.15, 0.2) is 35.0 Å². The van der Waals surface area contributed by atoms with E-state index in [9.17, 15) is 4.79 Å². The molecule has 0 spiro atoms. The molecule has 0 atom stereocenters. The molecule has 0 saturated carbocycles. The molecule has 0 aliphatic carbocycles. The van der Waals surface area contributed by atoms with Crippen molar-refractivity contribution in [2.45, 2.75) is 26.7 Å². The zero-order valence-corrected chi connectivity index (χ0v) is 18.6. The van der Waals surface area contributed by atoms with Gasteiger partial charge in [-0.3, -0.25) is 4.79 Å². The highest BCUT2D eigenvalue weighted by molar-refractivity contribution is 6.15. The van der Waals surface area contributed by atoms with Crippen molar-refractivity contribution in [3.63, 3.8) is 0 Å². The Morgan fingerprint density at radius 1 is 1.03 bits per heavy atom. The Morgan fingerprint density at radius 2 is 1.75 bits per heavy atom. The molecule has 3 aromatic rings. The van der Waals surface area contributed by atoms with Crippen molar-refractivity contribution in [2.24, 2.45) is 5.92 Å². The highest BCUT2D eigenvalue weighted by Gasteiger charge is 2.26. The summed E-state index contributed by atoms with van der Waals surface area (Å²) in [5.41, 5.74) is 2.86. The summed E-state index contributed by atoms with van der Waals surface area (Å²) in [6, 6.07) is 8.08. The van der Waals surface area contributed by atoms with Gasteiger partial charge >= 0.3 is 0 Å². The number of carbonyl (C=O) groups excluding carboxylic acids is 1. The molecule has 8 nitrogen and oxygen atoms in total. The summed E-state index contributed by atoms with van der Waals surface area (Å²) < 4.78 is 11.3. The number of piperidine rings is 1. The third-order valence-electron chi connectivity index (χ3n) is 6.46. The average Bonchev–Trinajstić information content (AvgIpc) is 3.16.